The van der Waals surface area contributed by atoms with Gasteiger partial charge in [-0.25, -0.2) is 0 Å². The van der Waals surface area contributed by atoms with Crippen molar-refractivity contribution in [3.8, 4) is 0 Å². The first-order chi connectivity index (χ1) is 5.26. The monoisotopic (exact) mass is 155 g/mol. The molecular weight excluding hydrogens is 145 g/mol. The Morgan fingerprint density at radius 1 is 1.82 bits per heavy atom. The SMILES string of the molecule is CCC(N=CB=O)C(=O)OC. The van der Waals surface area contributed by atoms with Crippen LogP contribution in [-0.2, 0) is 14.2 Å². The van der Waals surface area contributed by atoms with Gasteiger partial charge in [-0.3, -0.25) is 0 Å². The van der Waals surface area contributed by atoms with E-state index in [0.29, 0.717) is 13.6 Å². The molecule has 1 unspecified atom stereocenters. The molecule has 0 N–H and O–H groups in total. The fraction of sp³-hybridized carbons (Fsp3) is 0.667. The van der Waals surface area contributed by atoms with E-state index in [2.05, 4.69) is 9.73 Å². The van der Waals surface area contributed by atoms with Gasteiger partial charge in [0.05, 0.1) is 0 Å². The first-order valence-electron chi connectivity index (χ1n) is 3.31. The molecule has 0 aromatic rings. The third-order valence-corrected chi connectivity index (χ3v) is 1.19. The second-order valence-electron chi connectivity index (χ2n) is 1.88. The van der Waals surface area contributed by atoms with Crippen LogP contribution in [0.1, 0.15) is 13.3 Å². The summed E-state index contributed by atoms with van der Waals surface area (Å²) in [5, 5.41) is 0. The van der Waals surface area contributed by atoms with Gasteiger partial charge in [0.15, 0.2) is 0 Å². The Morgan fingerprint density at radius 3 is 2.82 bits per heavy atom. The zero-order valence-corrected chi connectivity index (χ0v) is 6.61. The second kappa shape index (κ2) is 5.76. The second-order valence-corrected chi connectivity index (χ2v) is 1.88. The zero-order chi connectivity index (χ0) is 8.69. The van der Waals surface area contributed by atoms with Crippen molar-refractivity contribution < 1.29 is 14.2 Å². The molecule has 0 spiro atoms. The third-order valence-electron chi connectivity index (χ3n) is 1.19. The van der Waals surface area contributed by atoms with Crippen LogP contribution in [0.3, 0.4) is 0 Å². The van der Waals surface area contributed by atoms with Crippen molar-refractivity contribution in [2.24, 2.45) is 4.99 Å². The van der Waals surface area contributed by atoms with Gasteiger partial charge in [0.1, 0.15) is 0 Å². The van der Waals surface area contributed by atoms with Crippen LogP contribution in [0, 0.1) is 0 Å². The summed E-state index contributed by atoms with van der Waals surface area (Å²) in [4.78, 5) is 14.5. The van der Waals surface area contributed by atoms with Crippen LogP contribution in [-0.4, -0.2) is 32.4 Å². The Labute approximate surface area is 65.9 Å². The van der Waals surface area contributed by atoms with Crippen molar-refractivity contribution in [2.75, 3.05) is 7.11 Å². The standard InChI is InChI=1S/C6H10BNO3/c1-3-5(6(9)11-2)8-4-7-10/h4-5H,3H2,1-2H3. The Kier molecular flexibility index (Phi) is 5.24. The van der Waals surface area contributed by atoms with Crippen LogP contribution in [0.25, 0.3) is 0 Å². The van der Waals surface area contributed by atoms with Gasteiger partial charge in [0.2, 0.25) is 0 Å². The summed E-state index contributed by atoms with van der Waals surface area (Å²) in [6, 6.07) is -0.537. The Morgan fingerprint density at radius 2 is 2.45 bits per heavy atom. The summed E-state index contributed by atoms with van der Waals surface area (Å²) in [7, 11) is 1.83. The van der Waals surface area contributed by atoms with Crippen LogP contribution in [0.4, 0.5) is 0 Å². The molecule has 0 fully saturated rings. The number of methoxy groups -OCH3 is 1. The molecular formula is C6H10BNO3. The molecule has 1 atom stereocenters. The number of carbonyl (C=O) groups excluding carboxylic acids is 1. The molecule has 0 aliphatic rings. The minimum atomic E-state index is -0.537. The average molecular weight is 155 g/mol. The van der Waals surface area contributed by atoms with Gasteiger partial charge >= 0.3 is 65.0 Å². The topological polar surface area (TPSA) is 55.7 Å². The van der Waals surface area contributed by atoms with E-state index in [1.165, 1.54) is 7.11 Å². The molecule has 0 aliphatic heterocycles. The number of carbonyl (C=O) groups is 1. The fourth-order valence-corrected chi connectivity index (χ4v) is 0.608. The van der Waals surface area contributed by atoms with E-state index < -0.39 is 12.0 Å². The summed E-state index contributed by atoms with van der Waals surface area (Å²) in [5.41, 5.74) is 0. The molecule has 4 nitrogen and oxygen atoms in total. The van der Waals surface area contributed by atoms with Gasteiger partial charge in [-0.1, -0.05) is 0 Å². The van der Waals surface area contributed by atoms with E-state index >= 15 is 0 Å². The predicted octanol–water partition coefficient (Wildman–Crippen LogP) is 0.0160. The van der Waals surface area contributed by atoms with E-state index in [1.807, 2.05) is 0 Å². The molecule has 0 heterocycles. The summed E-state index contributed by atoms with van der Waals surface area (Å²) in [6.07, 6.45) is 1.60. The number of hydrogen-bond donors (Lipinski definition) is 0. The average Bonchev–Trinajstić information content (AvgIpc) is 2.05. The van der Waals surface area contributed by atoms with Gasteiger partial charge in [-0.2, -0.15) is 0 Å². The van der Waals surface area contributed by atoms with Crippen molar-refractivity contribution in [1.29, 1.82) is 0 Å². The van der Waals surface area contributed by atoms with Gasteiger partial charge in [0, 0.05) is 0 Å². The van der Waals surface area contributed by atoms with Crippen LogP contribution in [0.2, 0.25) is 0 Å². The molecule has 0 saturated carbocycles. The van der Waals surface area contributed by atoms with E-state index in [9.17, 15) is 9.50 Å². The fourth-order valence-electron chi connectivity index (χ4n) is 0.608. The first-order valence-corrected chi connectivity index (χ1v) is 3.31. The van der Waals surface area contributed by atoms with Gasteiger partial charge in [-0.05, 0) is 0 Å². The van der Waals surface area contributed by atoms with Crippen LogP contribution < -0.4 is 0 Å². The number of aliphatic imine (C=N–C) groups is 1. The van der Waals surface area contributed by atoms with Crippen LogP contribution >= 0.6 is 0 Å². The molecule has 5 heteroatoms. The minimum absolute atomic E-state index is 0.411. The molecule has 11 heavy (non-hydrogen) atoms. The quantitative estimate of drug-likeness (QED) is 0.326. The summed E-state index contributed by atoms with van der Waals surface area (Å²) in [5.74, 6) is -0.411. The van der Waals surface area contributed by atoms with Crippen molar-refractivity contribution in [3.05, 3.63) is 0 Å². The zero-order valence-electron chi connectivity index (χ0n) is 6.61. The van der Waals surface area contributed by atoms with Crippen molar-refractivity contribution >= 4 is 19.2 Å². The van der Waals surface area contributed by atoms with Crippen molar-refractivity contribution in [1.82, 2.24) is 0 Å². The number of rotatable bonds is 4. The molecule has 0 saturated heterocycles. The molecule has 0 aromatic heterocycles. The van der Waals surface area contributed by atoms with Gasteiger partial charge in [-0.15, -0.1) is 0 Å². The summed E-state index contributed by atoms with van der Waals surface area (Å²) < 4.78 is 14.3. The van der Waals surface area contributed by atoms with E-state index in [0.717, 1.165) is 6.11 Å². The maximum absolute atomic E-state index is 10.8. The summed E-state index contributed by atoms with van der Waals surface area (Å²) >= 11 is 0. The molecule has 0 bridgehead atoms. The Hall–Kier alpha value is -0.995. The van der Waals surface area contributed by atoms with E-state index in [-0.39, 0.29) is 0 Å². The molecule has 0 rings (SSSR count). The molecule has 0 amide bonds. The first kappa shape index (κ1) is 10.0. The van der Waals surface area contributed by atoms with Gasteiger partial charge < -0.3 is 0 Å². The Bertz CT molecular complexity index is 169. The molecule has 0 radical (unpaired) electrons. The number of nitrogens with zero attached hydrogens (tertiary/aromatic N) is 1. The predicted molar refractivity (Wildman–Crippen MR) is 41.0 cm³/mol. The summed E-state index contributed by atoms with van der Waals surface area (Å²) in [6.45, 7) is 1.80. The molecule has 0 aromatic carbocycles. The molecule has 60 valence electrons. The van der Waals surface area contributed by atoms with Gasteiger partial charge in [0.25, 0.3) is 0 Å². The van der Waals surface area contributed by atoms with Crippen LogP contribution in [0.15, 0.2) is 4.99 Å². The Balaban J connectivity index is 4.04. The number of hydrogen-bond acceptors (Lipinski definition) is 4. The van der Waals surface area contributed by atoms with Crippen molar-refractivity contribution in [2.45, 2.75) is 19.4 Å². The van der Waals surface area contributed by atoms with E-state index in [1.54, 1.807) is 6.92 Å². The van der Waals surface area contributed by atoms with E-state index in [4.69, 9.17) is 0 Å². The number of esters is 1. The maximum atomic E-state index is 10.8. The molecule has 0 aliphatic carbocycles. The van der Waals surface area contributed by atoms with Crippen LogP contribution in [0.5, 0.6) is 0 Å². The number of ether oxygens (including phenoxy) is 1. The third kappa shape index (κ3) is 3.65. The van der Waals surface area contributed by atoms with Crippen molar-refractivity contribution in [3.63, 3.8) is 0 Å². The normalized spacial score (nSPS) is 12.5.